The largest absolute Gasteiger partial charge is 0.324 e. The summed E-state index contributed by atoms with van der Waals surface area (Å²) in [6, 6.07) is 11.5. The van der Waals surface area contributed by atoms with Crippen molar-refractivity contribution in [3.63, 3.8) is 0 Å². The average molecular weight is 449 g/mol. The number of tetrazole rings is 1. The standard InChI is InChI=1S/C19H21ClN6O3S/c1-3-25(4-2)30(28,29)16-9-10-17(20)18(12-16)22-19(27)11-14-5-7-15(8-6-14)26-13-21-23-24-26/h5-10,12-13H,3-4,11H2,1-2H3,(H,22,27). The van der Waals surface area contributed by atoms with Crippen LogP contribution in [0.15, 0.2) is 53.7 Å². The molecule has 0 aliphatic heterocycles. The van der Waals surface area contributed by atoms with Gasteiger partial charge in [0.2, 0.25) is 15.9 Å². The van der Waals surface area contributed by atoms with Gasteiger partial charge >= 0.3 is 0 Å². The van der Waals surface area contributed by atoms with Crippen molar-refractivity contribution in [3.8, 4) is 5.69 Å². The number of halogens is 1. The quantitative estimate of drug-likeness (QED) is 0.567. The molecule has 0 saturated carbocycles. The zero-order valence-corrected chi connectivity index (χ0v) is 18.1. The van der Waals surface area contributed by atoms with E-state index < -0.39 is 10.0 Å². The smallest absolute Gasteiger partial charge is 0.243 e. The molecule has 1 N–H and O–H groups in total. The second-order valence-corrected chi connectivity index (χ2v) is 8.72. The lowest BCUT2D eigenvalue weighted by molar-refractivity contribution is -0.115. The number of hydrogen-bond acceptors (Lipinski definition) is 6. The number of hydrogen-bond donors (Lipinski definition) is 1. The molecule has 11 heteroatoms. The van der Waals surface area contributed by atoms with Gasteiger partial charge in [0.25, 0.3) is 0 Å². The zero-order valence-electron chi connectivity index (χ0n) is 16.5. The third-order valence-electron chi connectivity index (χ3n) is 4.47. The van der Waals surface area contributed by atoms with Crippen molar-refractivity contribution in [2.24, 2.45) is 0 Å². The molecular weight excluding hydrogens is 428 g/mol. The first-order valence-corrected chi connectivity index (χ1v) is 11.1. The summed E-state index contributed by atoms with van der Waals surface area (Å²) in [4.78, 5) is 12.6. The van der Waals surface area contributed by atoms with Crippen LogP contribution in [-0.2, 0) is 21.2 Å². The molecule has 0 saturated heterocycles. The second kappa shape index (κ2) is 9.33. The SMILES string of the molecule is CCN(CC)S(=O)(=O)c1ccc(Cl)c(NC(=O)Cc2ccc(-n3cnnn3)cc2)c1. The summed E-state index contributed by atoms with van der Waals surface area (Å²) in [5.41, 5.74) is 1.79. The predicted octanol–water partition coefficient (Wildman–Crippen LogP) is 2.53. The highest BCUT2D eigenvalue weighted by molar-refractivity contribution is 7.89. The molecule has 3 aromatic rings. The first-order chi connectivity index (χ1) is 14.3. The molecule has 30 heavy (non-hydrogen) atoms. The number of sulfonamides is 1. The molecule has 0 radical (unpaired) electrons. The maximum absolute atomic E-state index is 12.7. The van der Waals surface area contributed by atoms with Crippen LogP contribution in [-0.4, -0.2) is 51.9 Å². The summed E-state index contributed by atoms with van der Waals surface area (Å²) in [6.07, 6.45) is 1.57. The topological polar surface area (TPSA) is 110 Å². The van der Waals surface area contributed by atoms with E-state index in [1.807, 2.05) is 0 Å². The van der Waals surface area contributed by atoms with Crippen LogP contribution in [0.3, 0.4) is 0 Å². The fourth-order valence-corrected chi connectivity index (χ4v) is 4.55. The maximum atomic E-state index is 12.7. The highest BCUT2D eigenvalue weighted by Crippen LogP contribution is 2.27. The molecule has 0 bridgehead atoms. The lowest BCUT2D eigenvalue weighted by Gasteiger charge is -2.19. The van der Waals surface area contributed by atoms with E-state index >= 15 is 0 Å². The van der Waals surface area contributed by atoms with Gasteiger partial charge in [-0.2, -0.15) is 4.31 Å². The van der Waals surface area contributed by atoms with Crippen LogP contribution >= 0.6 is 11.6 Å². The van der Waals surface area contributed by atoms with E-state index in [9.17, 15) is 13.2 Å². The van der Waals surface area contributed by atoms with Crippen LogP contribution in [0.2, 0.25) is 5.02 Å². The normalized spacial score (nSPS) is 11.6. The Kier molecular flexibility index (Phi) is 6.80. The Morgan fingerprint density at radius 3 is 2.43 bits per heavy atom. The molecule has 1 amide bonds. The van der Waals surface area contributed by atoms with E-state index in [0.717, 1.165) is 11.3 Å². The molecule has 1 aromatic heterocycles. The summed E-state index contributed by atoms with van der Waals surface area (Å²) < 4.78 is 28.3. The molecule has 2 aromatic carbocycles. The fraction of sp³-hybridized carbons (Fsp3) is 0.263. The number of anilines is 1. The molecule has 9 nitrogen and oxygen atoms in total. The third-order valence-corrected chi connectivity index (χ3v) is 6.85. The number of nitrogens with zero attached hydrogens (tertiary/aromatic N) is 5. The van der Waals surface area contributed by atoms with Crippen LogP contribution < -0.4 is 5.32 Å². The van der Waals surface area contributed by atoms with Gasteiger partial charge in [-0.25, -0.2) is 13.1 Å². The Morgan fingerprint density at radius 1 is 1.13 bits per heavy atom. The lowest BCUT2D eigenvalue weighted by atomic mass is 10.1. The Hall–Kier alpha value is -2.82. The van der Waals surface area contributed by atoms with Gasteiger partial charge in [0, 0.05) is 13.1 Å². The summed E-state index contributed by atoms with van der Waals surface area (Å²) in [6.45, 7) is 4.24. The van der Waals surface area contributed by atoms with E-state index in [2.05, 4.69) is 20.8 Å². The number of nitrogens with one attached hydrogen (secondary N) is 1. The van der Waals surface area contributed by atoms with Crippen LogP contribution in [0.4, 0.5) is 5.69 Å². The number of benzene rings is 2. The molecule has 0 aliphatic carbocycles. The van der Waals surface area contributed by atoms with E-state index in [0.29, 0.717) is 13.1 Å². The summed E-state index contributed by atoms with van der Waals surface area (Å²) in [5, 5.41) is 13.9. The van der Waals surface area contributed by atoms with Crippen LogP contribution in [0.5, 0.6) is 0 Å². The van der Waals surface area contributed by atoms with Crippen LogP contribution in [0, 0.1) is 0 Å². The van der Waals surface area contributed by atoms with Crippen molar-refractivity contribution >= 4 is 33.2 Å². The highest BCUT2D eigenvalue weighted by Gasteiger charge is 2.22. The van der Waals surface area contributed by atoms with Crippen molar-refractivity contribution in [3.05, 3.63) is 59.4 Å². The maximum Gasteiger partial charge on any atom is 0.243 e. The van der Waals surface area contributed by atoms with Crippen molar-refractivity contribution in [2.45, 2.75) is 25.2 Å². The molecule has 1 heterocycles. The zero-order chi connectivity index (χ0) is 21.7. The van der Waals surface area contributed by atoms with Gasteiger partial charge < -0.3 is 5.32 Å². The number of carbonyl (C=O) groups excluding carboxylic acids is 1. The molecular formula is C19H21ClN6O3S. The molecule has 0 unspecified atom stereocenters. The summed E-state index contributed by atoms with van der Waals surface area (Å²) in [7, 11) is -3.66. The minimum Gasteiger partial charge on any atom is -0.324 e. The van der Waals surface area contributed by atoms with Gasteiger partial charge in [0.15, 0.2) is 0 Å². The van der Waals surface area contributed by atoms with E-state index in [1.165, 1.54) is 33.5 Å². The van der Waals surface area contributed by atoms with Crippen molar-refractivity contribution in [1.29, 1.82) is 0 Å². The van der Waals surface area contributed by atoms with Gasteiger partial charge in [-0.15, -0.1) is 5.10 Å². The molecule has 3 rings (SSSR count). The minimum atomic E-state index is -3.66. The molecule has 0 atom stereocenters. The second-order valence-electron chi connectivity index (χ2n) is 6.38. The van der Waals surface area contributed by atoms with Crippen LogP contribution in [0.1, 0.15) is 19.4 Å². The molecule has 0 spiro atoms. The fourth-order valence-electron chi connectivity index (χ4n) is 2.90. The summed E-state index contributed by atoms with van der Waals surface area (Å²) >= 11 is 6.17. The van der Waals surface area contributed by atoms with Gasteiger partial charge in [0.1, 0.15) is 6.33 Å². The average Bonchev–Trinajstić information content (AvgIpc) is 3.25. The van der Waals surface area contributed by atoms with Gasteiger partial charge in [0.05, 0.1) is 27.7 Å². The Morgan fingerprint density at radius 2 is 1.83 bits per heavy atom. The van der Waals surface area contributed by atoms with Crippen LogP contribution in [0.25, 0.3) is 5.69 Å². The molecule has 158 valence electrons. The molecule has 0 fully saturated rings. The molecule has 0 aliphatic rings. The van der Waals surface area contributed by atoms with Crippen molar-refractivity contribution in [2.75, 3.05) is 18.4 Å². The van der Waals surface area contributed by atoms with Crippen molar-refractivity contribution in [1.82, 2.24) is 24.5 Å². The first-order valence-electron chi connectivity index (χ1n) is 9.27. The minimum absolute atomic E-state index is 0.0803. The Bertz CT molecular complexity index is 1110. The van der Waals surface area contributed by atoms with Crippen molar-refractivity contribution < 1.29 is 13.2 Å². The first kappa shape index (κ1) is 21.9. The number of amides is 1. The Labute approximate surface area is 179 Å². The summed E-state index contributed by atoms with van der Waals surface area (Å²) in [5.74, 6) is -0.315. The number of carbonyl (C=O) groups is 1. The van der Waals surface area contributed by atoms with Gasteiger partial charge in [-0.1, -0.05) is 37.6 Å². The van der Waals surface area contributed by atoms with E-state index in [4.69, 9.17) is 11.6 Å². The monoisotopic (exact) mass is 448 g/mol. The van der Waals surface area contributed by atoms with Gasteiger partial charge in [-0.3, -0.25) is 4.79 Å². The lowest BCUT2D eigenvalue weighted by Crippen LogP contribution is -2.30. The third kappa shape index (κ3) is 4.84. The van der Waals surface area contributed by atoms with Gasteiger partial charge in [-0.05, 0) is 46.3 Å². The highest BCUT2D eigenvalue weighted by atomic mass is 35.5. The Balaban J connectivity index is 1.73. The van der Waals surface area contributed by atoms with E-state index in [1.54, 1.807) is 38.1 Å². The van der Waals surface area contributed by atoms with E-state index in [-0.39, 0.29) is 27.9 Å². The number of rotatable bonds is 8. The number of aromatic nitrogens is 4. The predicted molar refractivity (Wildman–Crippen MR) is 113 cm³/mol.